The van der Waals surface area contributed by atoms with Gasteiger partial charge in [-0.3, -0.25) is 4.79 Å². The molecular formula is C23H18ClN3O2. The Morgan fingerprint density at radius 1 is 0.931 bits per heavy atom. The Morgan fingerprint density at radius 3 is 2.38 bits per heavy atom. The summed E-state index contributed by atoms with van der Waals surface area (Å²) in [6.45, 7) is 1.89. The lowest BCUT2D eigenvalue weighted by atomic mass is 10.0. The van der Waals surface area contributed by atoms with Crippen molar-refractivity contribution in [3.63, 3.8) is 0 Å². The quantitative estimate of drug-likeness (QED) is 0.496. The molecule has 1 atom stereocenters. The van der Waals surface area contributed by atoms with Crippen LogP contribution in [0.3, 0.4) is 0 Å². The summed E-state index contributed by atoms with van der Waals surface area (Å²) in [4.78, 5) is 13.0. The Hall–Kier alpha value is -3.44. The van der Waals surface area contributed by atoms with Crippen molar-refractivity contribution in [2.75, 3.05) is 0 Å². The van der Waals surface area contributed by atoms with Gasteiger partial charge in [-0.1, -0.05) is 66.2 Å². The summed E-state index contributed by atoms with van der Waals surface area (Å²) in [6.07, 6.45) is 0. The van der Waals surface area contributed by atoms with E-state index in [1.165, 1.54) is 0 Å². The largest absolute Gasteiger partial charge is 0.418 e. The van der Waals surface area contributed by atoms with Crippen LogP contribution in [-0.4, -0.2) is 16.1 Å². The van der Waals surface area contributed by atoms with Gasteiger partial charge in [0.25, 0.3) is 5.91 Å². The molecule has 0 spiro atoms. The first kappa shape index (κ1) is 18.9. The van der Waals surface area contributed by atoms with Gasteiger partial charge in [0.1, 0.15) is 6.04 Å². The smallest absolute Gasteiger partial charge is 0.252 e. The first-order chi connectivity index (χ1) is 14.1. The molecule has 1 heterocycles. The van der Waals surface area contributed by atoms with Gasteiger partial charge in [-0.15, -0.1) is 10.2 Å². The number of rotatable bonds is 5. The minimum Gasteiger partial charge on any atom is -0.418 e. The number of amides is 1. The van der Waals surface area contributed by atoms with Crippen molar-refractivity contribution >= 4 is 17.5 Å². The normalized spacial score (nSPS) is 11.8. The van der Waals surface area contributed by atoms with E-state index in [9.17, 15) is 4.79 Å². The summed E-state index contributed by atoms with van der Waals surface area (Å²) in [5.41, 5.74) is 2.93. The highest BCUT2D eigenvalue weighted by Gasteiger charge is 2.26. The zero-order valence-corrected chi connectivity index (χ0v) is 16.4. The van der Waals surface area contributed by atoms with Crippen LogP contribution in [0.15, 0.2) is 83.3 Å². The third-order valence-corrected chi connectivity index (χ3v) is 4.93. The molecule has 5 nitrogen and oxygen atoms in total. The van der Waals surface area contributed by atoms with Gasteiger partial charge in [0, 0.05) is 21.7 Å². The van der Waals surface area contributed by atoms with Crippen LogP contribution < -0.4 is 5.32 Å². The Morgan fingerprint density at radius 2 is 1.62 bits per heavy atom. The monoisotopic (exact) mass is 403 g/mol. The molecule has 1 N–H and O–H groups in total. The SMILES string of the molecule is Cc1ccccc1C(=O)N[C@H](c1nnc(-c2ccccc2)o1)c1ccccc1Cl. The van der Waals surface area contributed by atoms with Crippen molar-refractivity contribution in [2.24, 2.45) is 0 Å². The summed E-state index contributed by atoms with van der Waals surface area (Å²) in [7, 11) is 0. The third kappa shape index (κ3) is 4.05. The molecule has 6 heteroatoms. The van der Waals surface area contributed by atoms with Crippen LogP contribution >= 0.6 is 11.6 Å². The molecule has 0 aliphatic carbocycles. The van der Waals surface area contributed by atoms with E-state index in [0.29, 0.717) is 22.0 Å². The summed E-state index contributed by atoms with van der Waals surface area (Å²) in [6, 6.07) is 23.4. The molecule has 0 radical (unpaired) electrons. The fourth-order valence-electron chi connectivity index (χ4n) is 3.07. The lowest BCUT2D eigenvalue weighted by Gasteiger charge is -2.17. The van der Waals surface area contributed by atoms with Crippen LogP contribution in [0.4, 0.5) is 0 Å². The number of halogens is 1. The number of hydrogen-bond donors (Lipinski definition) is 1. The van der Waals surface area contributed by atoms with Crippen LogP contribution in [0.25, 0.3) is 11.5 Å². The number of aryl methyl sites for hydroxylation is 1. The maximum Gasteiger partial charge on any atom is 0.252 e. The highest BCUT2D eigenvalue weighted by atomic mass is 35.5. The van der Waals surface area contributed by atoms with Gasteiger partial charge in [0.2, 0.25) is 11.8 Å². The molecule has 3 aromatic carbocycles. The molecule has 29 heavy (non-hydrogen) atoms. The van der Waals surface area contributed by atoms with Crippen LogP contribution in [0.1, 0.15) is 33.4 Å². The second kappa shape index (κ2) is 8.29. The average molecular weight is 404 g/mol. The van der Waals surface area contributed by atoms with Crippen molar-refractivity contribution in [3.05, 3.63) is 106 Å². The van der Waals surface area contributed by atoms with E-state index < -0.39 is 6.04 Å². The standard InChI is InChI=1S/C23H18ClN3O2/c1-15-9-5-6-12-17(15)21(28)25-20(18-13-7-8-14-19(18)24)23-27-26-22(29-23)16-10-3-2-4-11-16/h2-14,20H,1H3,(H,25,28)/t20-/m0/s1. The van der Waals surface area contributed by atoms with E-state index in [-0.39, 0.29) is 11.8 Å². The predicted octanol–water partition coefficient (Wildman–Crippen LogP) is 5.22. The topological polar surface area (TPSA) is 68.0 Å². The third-order valence-electron chi connectivity index (χ3n) is 4.59. The molecule has 0 unspecified atom stereocenters. The molecule has 144 valence electrons. The summed E-state index contributed by atoms with van der Waals surface area (Å²) in [5, 5.41) is 11.8. The number of carbonyl (C=O) groups is 1. The molecule has 1 amide bonds. The van der Waals surface area contributed by atoms with E-state index in [4.69, 9.17) is 16.0 Å². The fraction of sp³-hybridized carbons (Fsp3) is 0.0870. The van der Waals surface area contributed by atoms with E-state index in [2.05, 4.69) is 15.5 Å². The number of benzene rings is 3. The number of carbonyl (C=O) groups excluding carboxylic acids is 1. The van der Waals surface area contributed by atoms with Crippen molar-refractivity contribution in [2.45, 2.75) is 13.0 Å². The molecule has 0 saturated heterocycles. The minimum absolute atomic E-state index is 0.243. The Balaban J connectivity index is 1.72. The van der Waals surface area contributed by atoms with Gasteiger partial charge in [0.05, 0.1) is 0 Å². The predicted molar refractivity (Wildman–Crippen MR) is 112 cm³/mol. The summed E-state index contributed by atoms with van der Waals surface area (Å²) in [5.74, 6) is 0.397. The van der Waals surface area contributed by atoms with E-state index in [0.717, 1.165) is 11.1 Å². The van der Waals surface area contributed by atoms with E-state index >= 15 is 0 Å². The van der Waals surface area contributed by atoms with E-state index in [1.807, 2.05) is 73.7 Å². The zero-order valence-electron chi connectivity index (χ0n) is 15.7. The second-order valence-electron chi connectivity index (χ2n) is 6.55. The summed E-state index contributed by atoms with van der Waals surface area (Å²) < 4.78 is 5.91. The van der Waals surface area contributed by atoms with Crippen molar-refractivity contribution in [3.8, 4) is 11.5 Å². The average Bonchev–Trinajstić information content (AvgIpc) is 3.23. The van der Waals surface area contributed by atoms with E-state index in [1.54, 1.807) is 12.1 Å². The van der Waals surface area contributed by atoms with Gasteiger partial charge in [-0.2, -0.15) is 0 Å². The first-order valence-corrected chi connectivity index (χ1v) is 9.51. The maximum atomic E-state index is 13.0. The molecule has 0 bridgehead atoms. The van der Waals surface area contributed by atoms with Crippen LogP contribution in [0.2, 0.25) is 5.02 Å². The molecule has 0 fully saturated rings. The number of nitrogens with one attached hydrogen (secondary N) is 1. The Bertz CT molecular complexity index is 1140. The molecule has 0 aliphatic rings. The molecule has 4 rings (SSSR count). The van der Waals surface area contributed by atoms with Crippen LogP contribution in [0.5, 0.6) is 0 Å². The molecule has 4 aromatic rings. The van der Waals surface area contributed by atoms with Gasteiger partial charge in [-0.25, -0.2) is 0 Å². The minimum atomic E-state index is -0.680. The molecule has 0 aliphatic heterocycles. The maximum absolute atomic E-state index is 13.0. The number of aromatic nitrogens is 2. The first-order valence-electron chi connectivity index (χ1n) is 9.13. The second-order valence-corrected chi connectivity index (χ2v) is 6.96. The van der Waals surface area contributed by atoms with Crippen LogP contribution in [0, 0.1) is 6.92 Å². The Kier molecular flexibility index (Phi) is 5.40. The summed E-state index contributed by atoms with van der Waals surface area (Å²) >= 11 is 6.41. The van der Waals surface area contributed by atoms with Gasteiger partial charge >= 0.3 is 0 Å². The van der Waals surface area contributed by atoms with Crippen molar-refractivity contribution < 1.29 is 9.21 Å². The van der Waals surface area contributed by atoms with Crippen molar-refractivity contribution in [1.29, 1.82) is 0 Å². The van der Waals surface area contributed by atoms with Gasteiger partial charge < -0.3 is 9.73 Å². The highest BCUT2D eigenvalue weighted by Crippen LogP contribution is 2.30. The Labute approximate surface area is 173 Å². The number of hydrogen-bond acceptors (Lipinski definition) is 4. The van der Waals surface area contributed by atoms with Crippen molar-refractivity contribution in [1.82, 2.24) is 15.5 Å². The zero-order chi connectivity index (χ0) is 20.2. The van der Waals surface area contributed by atoms with Gasteiger partial charge in [0.15, 0.2) is 0 Å². The number of nitrogens with zero attached hydrogens (tertiary/aromatic N) is 2. The molecule has 1 aromatic heterocycles. The fourth-order valence-corrected chi connectivity index (χ4v) is 3.31. The van der Waals surface area contributed by atoms with Gasteiger partial charge in [-0.05, 0) is 36.8 Å². The molecule has 0 saturated carbocycles. The lowest BCUT2D eigenvalue weighted by Crippen LogP contribution is -2.30. The lowest BCUT2D eigenvalue weighted by molar-refractivity contribution is 0.0937. The highest BCUT2D eigenvalue weighted by molar-refractivity contribution is 6.31. The molecular weight excluding hydrogens is 386 g/mol. The van der Waals surface area contributed by atoms with Crippen LogP contribution in [-0.2, 0) is 0 Å².